The van der Waals surface area contributed by atoms with Gasteiger partial charge >= 0.3 is 0 Å². The molecule has 1 aromatic rings. The van der Waals surface area contributed by atoms with Crippen molar-refractivity contribution in [3.05, 3.63) is 28.2 Å². The number of nitrogens with one attached hydrogen (secondary N) is 1. The van der Waals surface area contributed by atoms with Crippen molar-refractivity contribution in [3.63, 3.8) is 0 Å². The second-order valence-corrected chi connectivity index (χ2v) is 4.82. The quantitative estimate of drug-likeness (QED) is 0.662. The summed E-state index contributed by atoms with van der Waals surface area (Å²) in [6.45, 7) is 0.721. The molecule has 0 amide bonds. The first-order valence-corrected chi connectivity index (χ1v) is 5.90. The number of hydrogen-bond donors (Lipinski definition) is 2. The molecule has 94 valence electrons. The molecule has 3 nitrogen and oxygen atoms in total. The molecule has 1 aliphatic carbocycles. The Morgan fingerprint density at radius 1 is 1.35 bits per heavy atom. The maximum Gasteiger partial charge on any atom is 0.193 e. The van der Waals surface area contributed by atoms with Crippen LogP contribution < -0.4 is 10.6 Å². The highest BCUT2D eigenvalue weighted by Crippen LogP contribution is 2.37. The monoisotopic (exact) mass is 293 g/mol. The predicted molar refractivity (Wildman–Crippen MR) is 75.7 cm³/mol. The van der Waals surface area contributed by atoms with Crippen LogP contribution in [0.4, 0.5) is 5.69 Å². The van der Waals surface area contributed by atoms with Crippen molar-refractivity contribution in [2.45, 2.75) is 12.8 Å². The van der Waals surface area contributed by atoms with Crippen LogP contribution in [-0.2, 0) is 0 Å². The van der Waals surface area contributed by atoms with Gasteiger partial charge in [-0.3, -0.25) is 5.41 Å². The molecule has 0 saturated heterocycles. The highest BCUT2D eigenvalue weighted by molar-refractivity contribution is 6.39. The summed E-state index contributed by atoms with van der Waals surface area (Å²) in [5.41, 5.74) is 6.22. The Labute approximate surface area is 117 Å². The number of rotatable bonds is 3. The molecule has 0 heterocycles. The van der Waals surface area contributed by atoms with Crippen molar-refractivity contribution in [3.8, 4) is 0 Å². The Morgan fingerprint density at radius 2 is 1.88 bits per heavy atom. The molecular weight excluding hydrogens is 281 g/mol. The van der Waals surface area contributed by atoms with E-state index in [4.69, 9.17) is 34.3 Å². The molecule has 1 fully saturated rings. The van der Waals surface area contributed by atoms with Crippen molar-refractivity contribution in [1.82, 2.24) is 0 Å². The normalized spacial score (nSPS) is 14.0. The Hall–Kier alpha value is -0.640. The van der Waals surface area contributed by atoms with E-state index >= 15 is 0 Å². The lowest BCUT2D eigenvalue weighted by atomic mass is 10.2. The molecule has 1 saturated carbocycles. The second kappa shape index (κ2) is 5.80. The molecule has 1 aliphatic rings. The number of guanidine groups is 1. The molecule has 0 bridgehead atoms. The minimum Gasteiger partial charge on any atom is -0.370 e. The molecule has 0 aromatic heterocycles. The Balaban J connectivity index is 0.00000144. The third-order valence-corrected chi connectivity index (χ3v) is 3.25. The fourth-order valence-electron chi connectivity index (χ4n) is 1.62. The molecule has 17 heavy (non-hydrogen) atoms. The van der Waals surface area contributed by atoms with Gasteiger partial charge in [-0.05, 0) is 30.9 Å². The van der Waals surface area contributed by atoms with E-state index in [0.717, 1.165) is 6.54 Å². The zero-order valence-electron chi connectivity index (χ0n) is 9.12. The van der Waals surface area contributed by atoms with Gasteiger partial charge < -0.3 is 10.6 Å². The summed E-state index contributed by atoms with van der Waals surface area (Å²) in [6, 6.07) is 5.29. The maximum absolute atomic E-state index is 7.59. The topological polar surface area (TPSA) is 53.1 Å². The fourth-order valence-corrected chi connectivity index (χ4v) is 2.22. The summed E-state index contributed by atoms with van der Waals surface area (Å²) in [6.07, 6.45) is 2.37. The Kier molecular flexibility index (Phi) is 4.92. The van der Waals surface area contributed by atoms with E-state index in [2.05, 4.69) is 0 Å². The van der Waals surface area contributed by atoms with Gasteiger partial charge in [0.1, 0.15) is 0 Å². The third kappa shape index (κ3) is 3.41. The van der Waals surface area contributed by atoms with Crippen molar-refractivity contribution >= 4 is 47.3 Å². The van der Waals surface area contributed by atoms with Gasteiger partial charge in [0.05, 0.1) is 15.7 Å². The minimum absolute atomic E-state index is 0. The predicted octanol–water partition coefficient (Wildman–Crippen LogP) is 3.53. The van der Waals surface area contributed by atoms with E-state index in [1.807, 2.05) is 0 Å². The average molecular weight is 295 g/mol. The average Bonchev–Trinajstić information content (AvgIpc) is 2.99. The number of halogens is 3. The lowest BCUT2D eigenvalue weighted by Gasteiger charge is -2.24. The molecule has 0 atom stereocenters. The zero-order chi connectivity index (χ0) is 11.7. The van der Waals surface area contributed by atoms with Crippen LogP contribution in [0.3, 0.4) is 0 Å². The molecule has 0 unspecified atom stereocenters. The number of para-hydroxylation sites is 1. The smallest absolute Gasteiger partial charge is 0.193 e. The Bertz CT molecular complexity index is 398. The fraction of sp³-hybridized carbons (Fsp3) is 0.364. The molecule has 0 aliphatic heterocycles. The van der Waals surface area contributed by atoms with Gasteiger partial charge in [0.25, 0.3) is 0 Å². The molecule has 2 rings (SSSR count). The summed E-state index contributed by atoms with van der Waals surface area (Å²) >= 11 is 12.2. The summed E-state index contributed by atoms with van der Waals surface area (Å²) in [5, 5.41) is 8.65. The van der Waals surface area contributed by atoms with Crippen LogP contribution in [-0.4, -0.2) is 12.5 Å². The van der Waals surface area contributed by atoms with Crippen LogP contribution in [0.5, 0.6) is 0 Å². The van der Waals surface area contributed by atoms with E-state index in [1.54, 1.807) is 23.1 Å². The lowest BCUT2D eigenvalue weighted by Crippen LogP contribution is -2.38. The molecule has 0 spiro atoms. The lowest BCUT2D eigenvalue weighted by molar-refractivity contribution is 0.821. The van der Waals surface area contributed by atoms with Crippen molar-refractivity contribution in [1.29, 1.82) is 5.41 Å². The van der Waals surface area contributed by atoms with Crippen LogP contribution in [0.1, 0.15) is 12.8 Å². The number of hydrogen-bond acceptors (Lipinski definition) is 1. The standard InChI is InChI=1S/C11H13Cl2N3.ClH/c12-8-2-1-3-9(13)10(8)16(11(14)15)6-7-4-5-7;/h1-3,7H,4-6H2,(H3,14,15);1H. The number of anilines is 1. The zero-order valence-corrected chi connectivity index (χ0v) is 11.4. The van der Waals surface area contributed by atoms with Crippen molar-refractivity contribution in [2.75, 3.05) is 11.4 Å². The highest BCUT2D eigenvalue weighted by atomic mass is 35.5. The van der Waals surface area contributed by atoms with Crippen LogP contribution in [0.25, 0.3) is 0 Å². The van der Waals surface area contributed by atoms with Gasteiger partial charge in [-0.1, -0.05) is 29.3 Å². The molecule has 0 radical (unpaired) electrons. The molecule has 1 aromatic carbocycles. The number of benzene rings is 1. The summed E-state index contributed by atoms with van der Waals surface area (Å²) < 4.78 is 0. The molecule has 6 heteroatoms. The minimum atomic E-state index is -0.0121. The van der Waals surface area contributed by atoms with Crippen LogP contribution in [0, 0.1) is 11.3 Å². The first kappa shape index (κ1) is 14.4. The van der Waals surface area contributed by atoms with Gasteiger partial charge in [0.2, 0.25) is 0 Å². The van der Waals surface area contributed by atoms with Gasteiger partial charge in [-0.25, -0.2) is 0 Å². The van der Waals surface area contributed by atoms with Gasteiger partial charge in [-0.2, -0.15) is 0 Å². The van der Waals surface area contributed by atoms with E-state index in [9.17, 15) is 0 Å². The summed E-state index contributed by atoms with van der Waals surface area (Å²) in [7, 11) is 0. The van der Waals surface area contributed by atoms with Gasteiger partial charge in [0.15, 0.2) is 5.96 Å². The summed E-state index contributed by atoms with van der Waals surface area (Å²) in [5.74, 6) is 0.595. The third-order valence-electron chi connectivity index (χ3n) is 2.64. The maximum atomic E-state index is 7.59. The number of nitrogens with two attached hydrogens (primary N) is 1. The first-order valence-electron chi connectivity index (χ1n) is 5.15. The van der Waals surface area contributed by atoms with E-state index in [-0.39, 0.29) is 18.4 Å². The highest BCUT2D eigenvalue weighted by Gasteiger charge is 2.27. The number of nitrogens with zero attached hydrogens (tertiary/aromatic N) is 1. The van der Waals surface area contributed by atoms with E-state index < -0.39 is 0 Å². The van der Waals surface area contributed by atoms with Gasteiger partial charge in [0, 0.05) is 6.54 Å². The van der Waals surface area contributed by atoms with E-state index in [1.165, 1.54) is 12.8 Å². The second-order valence-electron chi connectivity index (χ2n) is 4.01. The van der Waals surface area contributed by atoms with Crippen LogP contribution >= 0.6 is 35.6 Å². The summed E-state index contributed by atoms with van der Waals surface area (Å²) in [4.78, 5) is 1.68. The Morgan fingerprint density at radius 3 is 2.29 bits per heavy atom. The van der Waals surface area contributed by atoms with Gasteiger partial charge in [-0.15, -0.1) is 12.4 Å². The molecule has 3 N–H and O–H groups in total. The van der Waals surface area contributed by atoms with Crippen molar-refractivity contribution in [2.24, 2.45) is 11.7 Å². The van der Waals surface area contributed by atoms with Crippen molar-refractivity contribution < 1.29 is 0 Å². The van der Waals surface area contributed by atoms with Crippen LogP contribution in [0.2, 0.25) is 10.0 Å². The largest absolute Gasteiger partial charge is 0.370 e. The van der Waals surface area contributed by atoms with Crippen LogP contribution in [0.15, 0.2) is 18.2 Å². The SMILES string of the molecule is Cl.N=C(N)N(CC1CC1)c1c(Cl)cccc1Cl. The van der Waals surface area contributed by atoms with E-state index in [0.29, 0.717) is 21.7 Å². The molecular formula is C11H14Cl3N3. The first-order chi connectivity index (χ1) is 7.59.